The molecular formula is C17H21F3N6. The van der Waals surface area contributed by atoms with Gasteiger partial charge in [0.25, 0.3) is 0 Å². The molecule has 0 aromatic carbocycles. The average molecular weight is 366 g/mol. The third kappa shape index (κ3) is 3.71. The molecule has 0 N–H and O–H groups in total. The van der Waals surface area contributed by atoms with Crippen LogP contribution in [0.25, 0.3) is 0 Å². The number of anilines is 2. The van der Waals surface area contributed by atoms with Gasteiger partial charge in [-0.2, -0.15) is 18.3 Å². The van der Waals surface area contributed by atoms with Gasteiger partial charge < -0.3 is 9.80 Å². The largest absolute Gasteiger partial charge is 0.435 e. The minimum atomic E-state index is -4.48. The van der Waals surface area contributed by atoms with Crippen LogP contribution in [0.2, 0.25) is 0 Å². The zero-order chi connectivity index (χ0) is 19.1. The lowest BCUT2D eigenvalue weighted by Gasteiger charge is -2.44. The topological polar surface area (TPSA) is 58.0 Å². The van der Waals surface area contributed by atoms with Gasteiger partial charge in [0.05, 0.1) is 11.7 Å². The summed E-state index contributed by atoms with van der Waals surface area (Å²) in [4.78, 5) is 3.90. The molecule has 0 atom stereocenters. The quantitative estimate of drug-likeness (QED) is 0.833. The first-order valence-corrected chi connectivity index (χ1v) is 8.28. The molecule has 0 radical (unpaired) electrons. The van der Waals surface area contributed by atoms with E-state index in [1.54, 1.807) is 7.05 Å². The molecule has 1 aliphatic rings. The maximum Gasteiger partial charge on any atom is 0.435 e. The highest BCUT2D eigenvalue weighted by atomic mass is 19.4. The molecule has 1 aliphatic heterocycles. The summed E-state index contributed by atoms with van der Waals surface area (Å²) in [5.41, 5.74) is -0.112. The summed E-state index contributed by atoms with van der Waals surface area (Å²) in [6, 6.07) is 6.34. The molecule has 0 unspecified atom stereocenters. The van der Waals surface area contributed by atoms with E-state index in [4.69, 9.17) is 0 Å². The molecular weight excluding hydrogens is 345 g/mol. The van der Waals surface area contributed by atoms with Crippen molar-refractivity contribution in [2.24, 2.45) is 0 Å². The van der Waals surface area contributed by atoms with E-state index in [1.807, 2.05) is 17.0 Å². The van der Waals surface area contributed by atoms with Crippen molar-refractivity contribution in [3.05, 3.63) is 35.7 Å². The summed E-state index contributed by atoms with van der Waals surface area (Å²) >= 11 is 0. The number of nitrogens with zero attached hydrogens (tertiary/aromatic N) is 6. The Morgan fingerprint density at radius 3 is 2.00 bits per heavy atom. The second kappa shape index (κ2) is 6.37. The van der Waals surface area contributed by atoms with Crippen LogP contribution in [0.15, 0.2) is 24.3 Å². The van der Waals surface area contributed by atoms with Gasteiger partial charge in [0.15, 0.2) is 17.3 Å². The van der Waals surface area contributed by atoms with Crippen molar-refractivity contribution in [3.63, 3.8) is 0 Å². The van der Waals surface area contributed by atoms with E-state index in [0.29, 0.717) is 18.9 Å². The van der Waals surface area contributed by atoms with Gasteiger partial charge in [0.1, 0.15) is 0 Å². The molecule has 26 heavy (non-hydrogen) atoms. The van der Waals surface area contributed by atoms with E-state index >= 15 is 0 Å². The van der Waals surface area contributed by atoms with Gasteiger partial charge in [0.2, 0.25) is 0 Å². The Morgan fingerprint density at radius 2 is 1.54 bits per heavy atom. The fourth-order valence-corrected chi connectivity index (χ4v) is 2.63. The summed E-state index contributed by atoms with van der Waals surface area (Å²) in [6.07, 6.45) is -4.48. The Balaban J connectivity index is 1.60. The maximum absolute atomic E-state index is 12.6. The molecule has 6 nitrogen and oxygen atoms in total. The summed E-state index contributed by atoms with van der Waals surface area (Å²) in [5.74, 6) is 1.21. The maximum atomic E-state index is 12.6. The average Bonchev–Trinajstić information content (AvgIpc) is 2.52. The van der Waals surface area contributed by atoms with Gasteiger partial charge in [0, 0.05) is 25.6 Å². The SMILES string of the molecule is CN(c1ccc(C(F)(F)F)nn1)C1CN(c2ccc(C(C)(C)C)nn2)C1. The van der Waals surface area contributed by atoms with Crippen molar-refractivity contribution in [2.45, 2.75) is 38.4 Å². The van der Waals surface area contributed by atoms with Gasteiger partial charge in [-0.3, -0.25) is 0 Å². The molecule has 3 rings (SSSR count). The van der Waals surface area contributed by atoms with E-state index < -0.39 is 11.9 Å². The zero-order valence-corrected chi connectivity index (χ0v) is 15.1. The molecule has 0 spiro atoms. The summed E-state index contributed by atoms with van der Waals surface area (Å²) in [6.45, 7) is 7.63. The zero-order valence-electron chi connectivity index (χ0n) is 15.1. The van der Waals surface area contributed by atoms with Crippen LogP contribution in [0.1, 0.15) is 32.2 Å². The van der Waals surface area contributed by atoms with Crippen molar-refractivity contribution < 1.29 is 13.2 Å². The lowest BCUT2D eigenvalue weighted by atomic mass is 9.92. The van der Waals surface area contributed by atoms with Crippen molar-refractivity contribution in [1.29, 1.82) is 0 Å². The molecule has 0 bridgehead atoms. The van der Waals surface area contributed by atoms with Crippen LogP contribution in [0.5, 0.6) is 0 Å². The van der Waals surface area contributed by atoms with Crippen LogP contribution in [0.3, 0.4) is 0 Å². The number of hydrogen-bond donors (Lipinski definition) is 0. The van der Waals surface area contributed by atoms with Crippen LogP contribution in [-0.2, 0) is 11.6 Å². The molecule has 3 heterocycles. The molecule has 0 aliphatic carbocycles. The highest BCUT2D eigenvalue weighted by Crippen LogP contribution is 2.29. The van der Waals surface area contributed by atoms with E-state index in [9.17, 15) is 13.2 Å². The lowest BCUT2D eigenvalue weighted by Crippen LogP contribution is -2.59. The fourth-order valence-electron chi connectivity index (χ4n) is 2.63. The van der Waals surface area contributed by atoms with Crippen LogP contribution >= 0.6 is 0 Å². The molecule has 1 fully saturated rings. The Labute approximate surface area is 150 Å². The lowest BCUT2D eigenvalue weighted by molar-refractivity contribution is -0.141. The standard InChI is InChI=1S/C17H21F3N6/c1-16(2,3)12-5-8-15(24-21-12)26-9-11(10-26)25(4)14-7-6-13(22-23-14)17(18,19)20/h5-8,11H,9-10H2,1-4H3. The fraction of sp³-hybridized carbons (Fsp3) is 0.529. The molecule has 140 valence electrons. The van der Waals surface area contributed by atoms with Crippen molar-refractivity contribution in [1.82, 2.24) is 20.4 Å². The number of alkyl halides is 3. The van der Waals surface area contributed by atoms with Crippen LogP contribution in [0, 0.1) is 0 Å². The number of hydrogen-bond acceptors (Lipinski definition) is 6. The van der Waals surface area contributed by atoms with Gasteiger partial charge in [-0.15, -0.1) is 15.3 Å². The normalized spacial score (nSPS) is 15.7. The minimum Gasteiger partial charge on any atom is -0.352 e. The Bertz CT molecular complexity index is 746. The van der Waals surface area contributed by atoms with Gasteiger partial charge in [-0.25, -0.2) is 0 Å². The number of halogens is 3. The van der Waals surface area contributed by atoms with Crippen LogP contribution in [-0.4, -0.2) is 46.6 Å². The van der Waals surface area contributed by atoms with Crippen molar-refractivity contribution >= 4 is 11.6 Å². The summed E-state index contributed by atoms with van der Waals surface area (Å²) in [5, 5.41) is 15.5. The monoisotopic (exact) mass is 366 g/mol. The number of aromatic nitrogens is 4. The highest BCUT2D eigenvalue weighted by molar-refractivity contribution is 5.47. The van der Waals surface area contributed by atoms with E-state index in [1.165, 1.54) is 6.07 Å². The van der Waals surface area contributed by atoms with Gasteiger partial charge in [-0.1, -0.05) is 20.8 Å². The predicted molar refractivity (Wildman–Crippen MR) is 92.2 cm³/mol. The second-order valence-corrected chi connectivity index (χ2v) is 7.47. The first kappa shape index (κ1) is 18.3. The molecule has 1 saturated heterocycles. The van der Waals surface area contributed by atoms with Crippen LogP contribution < -0.4 is 9.80 Å². The number of likely N-dealkylation sites (N-methyl/N-ethyl adjacent to an activating group) is 1. The Morgan fingerprint density at radius 1 is 0.923 bits per heavy atom. The smallest absolute Gasteiger partial charge is 0.352 e. The molecule has 9 heteroatoms. The van der Waals surface area contributed by atoms with Gasteiger partial charge >= 0.3 is 6.18 Å². The molecule has 0 saturated carbocycles. The molecule has 2 aromatic heterocycles. The highest BCUT2D eigenvalue weighted by Gasteiger charge is 2.35. The molecule has 0 amide bonds. The molecule has 2 aromatic rings. The second-order valence-electron chi connectivity index (χ2n) is 7.47. The van der Waals surface area contributed by atoms with E-state index in [2.05, 4.69) is 46.1 Å². The minimum absolute atomic E-state index is 0.0511. The summed E-state index contributed by atoms with van der Waals surface area (Å²) < 4.78 is 37.7. The van der Waals surface area contributed by atoms with Crippen molar-refractivity contribution in [3.8, 4) is 0 Å². The Kier molecular flexibility index (Phi) is 4.49. The van der Waals surface area contributed by atoms with E-state index in [-0.39, 0.29) is 11.5 Å². The third-order valence-corrected chi connectivity index (χ3v) is 4.46. The number of rotatable bonds is 3. The first-order chi connectivity index (χ1) is 12.1. The van der Waals surface area contributed by atoms with Crippen molar-refractivity contribution in [2.75, 3.05) is 29.9 Å². The van der Waals surface area contributed by atoms with Gasteiger partial charge in [-0.05, 0) is 24.3 Å². The predicted octanol–water partition coefficient (Wildman–Crippen LogP) is 2.91. The Hall–Kier alpha value is -2.45. The van der Waals surface area contributed by atoms with Crippen LogP contribution in [0.4, 0.5) is 24.8 Å². The third-order valence-electron chi connectivity index (χ3n) is 4.46. The first-order valence-electron chi connectivity index (χ1n) is 8.28. The van der Waals surface area contributed by atoms with E-state index in [0.717, 1.165) is 17.6 Å². The summed E-state index contributed by atoms with van der Waals surface area (Å²) in [7, 11) is 1.80.